The molecule has 19 heavy (non-hydrogen) atoms. The molecule has 2 fully saturated rings. The predicted octanol–water partition coefficient (Wildman–Crippen LogP) is 2.14. The number of nitrogens with zero attached hydrogens (tertiary/aromatic N) is 1. The number of ketones is 1. The molecule has 1 saturated carbocycles. The zero-order chi connectivity index (χ0) is 13.3. The van der Waals surface area contributed by atoms with Crippen LogP contribution >= 0.6 is 0 Å². The standard InChI is InChI=1S/C16H21NO2/c18-15-9-11-17(12-13-6-2-1-3-7-13)14-8-4-5-10-16(14,15)19/h1-3,6-7,14,19H,4-5,8-12H2/t14-,16+/m0/s1. The number of fused-ring (bicyclic) bond motifs is 1. The Morgan fingerprint density at radius 3 is 2.84 bits per heavy atom. The van der Waals surface area contributed by atoms with Crippen LogP contribution in [-0.2, 0) is 11.3 Å². The zero-order valence-electron chi connectivity index (χ0n) is 11.2. The van der Waals surface area contributed by atoms with E-state index >= 15 is 0 Å². The van der Waals surface area contributed by atoms with Gasteiger partial charge >= 0.3 is 0 Å². The van der Waals surface area contributed by atoms with E-state index in [1.165, 1.54) is 5.56 Å². The molecule has 1 aromatic rings. The first-order valence-corrected chi connectivity index (χ1v) is 7.24. The maximum absolute atomic E-state index is 12.1. The van der Waals surface area contributed by atoms with E-state index in [1.807, 2.05) is 18.2 Å². The third kappa shape index (κ3) is 2.33. The molecule has 1 aliphatic carbocycles. The Bertz CT molecular complexity index is 459. The van der Waals surface area contributed by atoms with Gasteiger partial charge in [0, 0.05) is 25.6 Å². The fraction of sp³-hybridized carbons (Fsp3) is 0.562. The molecule has 3 nitrogen and oxygen atoms in total. The first-order chi connectivity index (χ1) is 9.20. The SMILES string of the molecule is O=C1CCN(Cc2ccccc2)[C@H]2CCCC[C@]12O. The Labute approximate surface area is 114 Å². The fourth-order valence-electron chi connectivity index (χ4n) is 3.57. The van der Waals surface area contributed by atoms with Crippen molar-refractivity contribution in [2.45, 2.75) is 50.3 Å². The third-order valence-electron chi connectivity index (χ3n) is 4.61. The van der Waals surface area contributed by atoms with E-state index in [0.717, 1.165) is 32.4 Å². The lowest BCUT2D eigenvalue weighted by atomic mass is 9.73. The first kappa shape index (κ1) is 12.8. The van der Waals surface area contributed by atoms with Crippen LogP contribution in [0.15, 0.2) is 30.3 Å². The molecule has 102 valence electrons. The van der Waals surface area contributed by atoms with Crippen molar-refractivity contribution in [2.75, 3.05) is 6.54 Å². The summed E-state index contributed by atoms with van der Waals surface area (Å²) in [6.45, 7) is 1.61. The summed E-state index contributed by atoms with van der Waals surface area (Å²) in [5, 5.41) is 10.7. The van der Waals surface area contributed by atoms with Gasteiger partial charge in [-0.15, -0.1) is 0 Å². The Kier molecular flexibility index (Phi) is 3.42. The van der Waals surface area contributed by atoms with Crippen LogP contribution in [0.5, 0.6) is 0 Å². The van der Waals surface area contributed by atoms with Crippen LogP contribution in [0.1, 0.15) is 37.7 Å². The second-order valence-corrected chi connectivity index (χ2v) is 5.82. The van der Waals surface area contributed by atoms with Crippen LogP contribution < -0.4 is 0 Å². The van der Waals surface area contributed by atoms with Gasteiger partial charge in [-0.2, -0.15) is 0 Å². The molecule has 1 saturated heterocycles. The predicted molar refractivity (Wildman–Crippen MR) is 73.7 cm³/mol. The summed E-state index contributed by atoms with van der Waals surface area (Å²) in [4.78, 5) is 14.4. The molecular weight excluding hydrogens is 238 g/mol. The molecular formula is C16H21NO2. The van der Waals surface area contributed by atoms with Crippen molar-refractivity contribution in [2.24, 2.45) is 0 Å². The van der Waals surface area contributed by atoms with Crippen LogP contribution in [0, 0.1) is 0 Å². The zero-order valence-corrected chi connectivity index (χ0v) is 11.2. The Balaban J connectivity index is 1.80. The quantitative estimate of drug-likeness (QED) is 0.884. The van der Waals surface area contributed by atoms with Gasteiger partial charge in [0.05, 0.1) is 0 Å². The summed E-state index contributed by atoms with van der Waals surface area (Å²) in [6, 6.07) is 10.3. The highest BCUT2D eigenvalue weighted by Gasteiger charge is 2.50. The molecule has 0 bridgehead atoms. The summed E-state index contributed by atoms with van der Waals surface area (Å²) in [5.41, 5.74) is 0.176. The van der Waals surface area contributed by atoms with Crippen molar-refractivity contribution in [1.29, 1.82) is 0 Å². The van der Waals surface area contributed by atoms with E-state index in [-0.39, 0.29) is 11.8 Å². The lowest BCUT2D eigenvalue weighted by Gasteiger charge is -2.48. The van der Waals surface area contributed by atoms with E-state index < -0.39 is 5.60 Å². The van der Waals surface area contributed by atoms with E-state index in [2.05, 4.69) is 17.0 Å². The number of piperidine rings is 1. The van der Waals surface area contributed by atoms with E-state index in [9.17, 15) is 9.90 Å². The van der Waals surface area contributed by atoms with Crippen molar-refractivity contribution < 1.29 is 9.90 Å². The number of aliphatic hydroxyl groups is 1. The number of likely N-dealkylation sites (tertiary alicyclic amines) is 1. The van der Waals surface area contributed by atoms with Crippen LogP contribution in [-0.4, -0.2) is 34.0 Å². The smallest absolute Gasteiger partial charge is 0.167 e. The minimum Gasteiger partial charge on any atom is -0.380 e. The van der Waals surface area contributed by atoms with Gasteiger partial charge in [-0.05, 0) is 24.8 Å². The highest BCUT2D eigenvalue weighted by atomic mass is 16.3. The Morgan fingerprint density at radius 2 is 2.05 bits per heavy atom. The average molecular weight is 259 g/mol. The minimum absolute atomic E-state index is 0.0164. The molecule has 1 aliphatic heterocycles. The normalized spacial score (nSPS) is 32.1. The fourth-order valence-corrected chi connectivity index (χ4v) is 3.57. The van der Waals surface area contributed by atoms with E-state index in [0.29, 0.717) is 12.8 Å². The van der Waals surface area contributed by atoms with Gasteiger partial charge in [-0.25, -0.2) is 0 Å². The summed E-state index contributed by atoms with van der Waals surface area (Å²) >= 11 is 0. The van der Waals surface area contributed by atoms with Gasteiger partial charge < -0.3 is 5.11 Å². The van der Waals surface area contributed by atoms with Gasteiger partial charge in [0.15, 0.2) is 5.78 Å². The third-order valence-corrected chi connectivity index (χ3v) is 4.61. The van der Waals surface area contributed by atoms with Gasteiger partial charge in [0.25, 0.3) is 0 Å². The molecule has 0 radical (unpaired) electrons. The summed E-state index contributed by atoms with van der Waals surface area (Å²) in [5.74, 6) is 0.0570. The number of hydrogen-bond acceptors (Lipinski definition) is 3. The summed E-state index contributed by atoms with van der Waals surface area (Å²) in [7, 11) is 0. The second-order valence-electron chi connectivity index (χ2n) is 5.82. The van der Waals surface area contributed by atoms with Crippen LogP contribution in [0.2, 0.25) is 0 Å². The molecule has 0 unspecified atom stereocenters. The van der Waals surface area contributed by atoms with Gasteiger partial charge in [0.2, 0.25) is 0 Å². The summed E-state index contributed by atoms with van der Waals surface area (Å²) < 4.78 is 0. The molecule has 1 heterocycles. The van der Waals surface area contributed by atoms with E-state index in [4.69, 9.17) is 0 Å². The van der Waals surface area contributed by atoms with Crippen LogP contribution in [0.3, 0.4) is 0 Å². The number of rotatable bonds is 2. The largest absolute Gasteiger partial charge is 0.380 e. The highest BCUT2D eigenvalue weighted by Crippen LogP contribution is 2.37. The molecule has 3 rings (SSSR count). The van der Waals surface area contributed by atoms with Crippen LogP contribution in [0.4, 0.5) is 0 Å². The van der Waals surface area contributed by atoms with Gasteiger partial charge in [-0.3, -0.25) is 9.69 Å². The van der Waals surface area contributed by atoms with Crippen molar-refractivity contribution >= 4 is 5.78 Å². The van der Waals surface area contributed by atoms with Crippen molar-refractivity contribution in [3.63, 3.8) is 0 Å². The van der Waals surface area contributed by atoms with E-state index in [1.54, 1.807) is 0 Å². The highest BCUT2D eigenvalue weighted by molar-refractivity contribution is 5.89. The maximum atomic E-state index is 12.1. The molecule has 0 aromatic heterocycles. The minimum atomic E-state index is -1.08. The van der Waals surface area contributed by atoms with Gasteiger partial charge in [-0.1, -0.05) is 36.8 Å². The average Bonchev–Trinajstić information content (AvgIpc) is 2.44. The first-order valence-electron chi connectivity index (χ1n) is 7.24. The van der Waals surface area contributed by atoms with Crippen molar-refractivity contribution in [3.05, 3.63) is 35.9 Å². The van der Waals surface area contributed by atoms with Crippen molar-refractivity contribution in [1.82, 2.24) is 4.90 Å². The molecule has 1 N–H and O–H groups in total. The number of Topliss-reactive ketones (excluding diaryl/α,β-unsaturated/α-hetero) is 1. The molecule has 0 amide bonds. The number of hydrogen-bond donors (Lipinski definition) is 1. The number of carbonyl (C=O) groups is 1. The lowest BCUT2D eigenvalue weighted by Crippen LogP contribution is -2.62. The molecule has 3 heteroatoms. The molecule has 2 atom stereocenters. The van der Waals surface area contributed by atoms with Crippen molar-refractivity contribution in [3.8, 4) is 0 Å². The van der Waals surface area contributed by atoms with Gasteiger partial charge in [0.1, 0.15) is 5.60 Å². The molecule has 1 aromatic carbocycles. The topological polar surface area (TPSA) is 40.5 Å². The second kappa shape index (κ2) is 5.06. The molecule has 2 aliphatic rings. The molecule has 0 spiro atoms. The Hall–Kier alpha value is -1.19. The number of benzene rings is 1. The summed E-state index contributed by atoms with van der Waals surface area (Å²) in [6.07, 6.45) is 4.15. The Morgan fingerprint density at radius 1 is 1.26 bits per heavy atom. The lowest BCUT2D eigenvalue weighted by molar-refractivity contribution is -0.159. The van der Waals surface area contributed by atoms with Crippen LogP contribution in [0.25, 0.3) is 0 Å². The maximum Gasteiger partial charge on any atom is 0.167 e. The number of carbonyl (C=O) groups excluding carboxylic acids is 1. The monoisotopic (exact) mass is 259 g/mol.